The number of benzene rings is 2. The Labute approximate surface area is 152 Å². The second-order valence-electron chi connectivity index (χ2n) is 7.87. The molecule has 3 rings (SSSR count). The largest absolute Gasteiger partial charge is 0.390 e. The van der Waals surface area contributed by atoms with Crippen LogP contribution >= 0.6 is 0 Å². The lowest BCUT2D eigenvalue weighted by Gasteiger charge is -2.43. The second-order valence-corrected chi connectivity index (χ2v) is 7.87. The van der Waals surface area contributed by atoms with E-state index in [-0.39, 0.29) is 0 Å². The minimum absolute atomic E-state index is 0.338. The van der Waals surface area contributed by atoms with Gasteiger partial charge in [-0.05, 0) is 42.7 Å². The highest BCUT2D eigenvalue weighted by Gasteiger charge is 2.37. The smallest absolute Gasteiger partial charge is 0.0671 e. The van der Waals surface area contributed by atoms with Gasteiger partial charge in [0.1, 0.15) is 0 Å². The molecule has 1 aliphatic rings. The van der Waals surface area contributed by atoms with E-state index in [1.165, 1.54) is 11.1 Å². The molecule has 2 aromatic carbocycles. The minimum atomic E-state index is -0.471. The summed E-state index contributed by atoms with van der Waals surface area (Å²) in [4.78, 5) is 2.60. The highest BCUT2D eigenvalue weighted by Crippen LogP contribution is 2.36. The van der Waals surface area contributed by atoms with E-state index < -0.39 is 5.60 Å². The lowest BCUT2D eigenvalue weighted by atomic mass is 9.75. The van der Waals surface area contributed by atoms with E-state index >= 15 is 0 Å². The van der Waals surface area contributed by atoms with Crippen LogP contribution in [-0.4, -0.2) is 21.6 Å². The summed E-state index contributed by atoms with van der Waals surface area (Å²) in [6.07, 6.45) is 3.98. The third-order valence-electron chi connectivity index (χ3n) is 5.87. The van der Waals surface area contributed by atoms with Gasteiger partial charge < -0.3 is 5.11 Å². The molecule has 0 atom stereocenters. The van der Waals surface area contributed by atoms with Crippen molar-refractivity contribution < 1.29 is 5.11 Å². The summed E-state index contributed by atoms with van der Waals surface area (Å²) in [7, 11) is 0. The van der Waals surface area contributed by atoms with Gasteiger partial charge in [0.15, 0.2) is 0 Å². The molecule has 0 bridgehead atoms. The standard InChI is InChI=1S/C23H31NO/c1-19(2)23(25)15-13-22(14-16-23)24(17-20-9-5-3-6-10-20)18-21-11-7-4-8-12-21/h3-12,19,22,25H,13-18H2,1-2H3/t22-,23+. The van der Waals surface area contributed by atoms with Gasteiger partial charge in [-0.15, -0.1) is 0 Å². The van der Waals surface area contributed by atoms with Crippen molar-refractivity contribution in [1.29, 1.82) is 0 Å². The van der Waals surface area contributed by atoms with E-state index in [9.17, 15) is 5.11 Å². The molecule has 0 radical (unpaired) electrons. The van der Waals surface area contributed by atoms with Crippen molar-refractivity contribution in [2.45, 2.75) is 64.3 Å². The zero-order valence-corrected chi connectivity index (χ0v) is 15.6. The fraction of sp³-hybridized carbons (Fsp3) is 0.478. The molecule has 134 valence electrons. The molecule has 1 N–H and O–H groups in total. The third-order valence-corrected chi connectivity index (χ3v) is 5.87. The Morgan fingerprint density at radius 3 is 1.72 bits per heavy atom. The Bertz CT molecular complexity index is 588. The molecule has 1 aliphatic carbocycles. The molecule has 2 nitrogen and oxygen atoms in total. The van der Waals surface area contributed by atoms with Crippen molar-refractivity contribution in [3.63, 3.8) is 0 Å². The molecule has 1 saturated carbocycles. The average Bonchev–Trinajstić information content (AvgIpc) is 2.63. The van der Waals surface area contributed by atoms with Crippen LogP contribution in [0.4, 0.5) is 0 Å². The maximum Gasteiger partial charge on any atom is 0.0671 e. The number of hydrogen-bond acceptors (Lipinski definition) is 2. The van der Waals surface area contributed by atoms with Crippen LogP contribution in [0.25, 0.3) is 0 Å². The fourth-order valence-corrected chi connectivity index (χ4v) is 3.99. The Morgan fingerprint density at radius 2 is 1.32 bits per heavy atom. The maximum atomic E-state index is 10.8. The fourth-order valence-electron chi connectivity index (χ4n) is 3.99. The molecule has 2 heteroatoms. The summed E-state index contributed by atoms with van der Waals surface area (Å²) >= 11 is 0. The van der Waals surface area contributed by atoms with Crippen LogP contribution in [0.5, 0.6) is 0 Å². The average molecular weight is 338 g/mol. The van der Waals surface area contributed by atoms with Crippen LogP contribution in [0, 0.1) is 5.92 Å². The maximum absolute atomic E-state index is 10.8. The summed E-state index contributed by atoms with van der Waals surface area (Å²) in [6, 6.07) is 22.0. The zero-order valence-electron chi connectivity index (χ0n) is 15.6. The zero-order chi connectivity index (χ0) is 17.7. The van der Waals surface area contributed by atoms with Crippen molar-refractivity contribution in [2.24, 2.45) is 5.92 Å². The number of nitrogens with zero attached hydrogens (tertiary/aromatic N) is 1. The highest BCUT2D eigenvalue weighted by molar-refractivity contribution is 5.17. The van der Waals surface area contributed by atoms with Crippen LogP contribution in [0.1, 0.15) is 50.7 Å². The van der Waals surface area contributed by atoms with Crippen LogP contribution < -0.4 is 0 Å². The molecule has 1 fully saturated rings. The Balaban J connectivity index is 1.72. The lowest BCUT2D eigenvalue weighted by molar-refractivity contribution is -0.0569. The summed E-state index contributed by atoms with van der Waals surface area (Å²) in [5, 5.41) is 10.8. The van der Waals surface area contributed by atoms with Crippen LogP contribution in [0.15, 0.2) is 60.7 Å². The highest BCUT2D eigenvalue weighted by atomic mass is 16.3. The van der Waals surface area contributed by atoms with Crippen LogP contribution in [0.2, 0.25) is 0 Å². The predicted octanol–water partition coefficient (Wildman–Crippen LogP) is 5.02. The number of rotatable bonds is 6. The van der Waals surface area contributed by atoms with Gasteiger partial charge in [0, 0.05) is 19.1 Å². The number of hydrogen-bond donors (Lipinski definition) is 1. The Hall–Kier alpha value is -1.64. The van der Waals surface area contributed by atoms with Gasteiger partial charge in [0.05, 0.1) is 5.60 Å². The van der Waals surface area contributed by atoms with E-state index in [2.05, 4.69) is 79.4 Å². The van der Waals surface area contributed by atoms with Gasteiger partial charge in [0.25, 0.3) is 0 Å². The van der Waals surface area contributed by atoms with Crippen molar-refractivity contribution >= 4 is 0 Å². The van der Waals surface area contributed by atoms with E-state index in [0.717, 1.165) is 38.8 Å². The molecular weight excluding hydrogens is 306 g/mol. The molecule has 0 amide bonds. The van der Waals surface area contributed by atoms with Gasteiger partial charge in [-0.2, -0.15) is 0 Å². The first-order valence-electron chi connectivity index (χ1n) is 9.61. The number of aliphatic hydroxyl groups is 1. The van der Waals surface area contributed by atoms with E-state index in [4.69, 9.17) is 0 Å². The molecule has 0 aliphatic heterocycles. The topological polar surface area (TPSA) is 23.5 Å². The van der Waals surface area contributed by atoms with E-state index in [1.807, 2.05) is 0 Å². The SMILES string of the molecule is CC(C)[C@]1(O)CC[C@@H](N(Cc2ccccc2)Cc2ccccc2)CC1. The first kappa shape index (κ1) is 18.2. The van der Waals surface area contributed by atoms with Gasteiger partial charge in [-0.3, -0.25) is 4.90 Å². The van der Waals surface area contributed by atoms with Crippen molar-refractivity contribution in [3.8, 4) is 0 Å². The van der Waals surface area contributed by atoms with Gasteiger partial charge in [0.2, 0.25) is 0 Å². The van der Waals surface area contributed by atoms with E-state index in [0.29, 0.717) is 12.0 Å². The molecule has 2 aromatic rings. The van der Waals surface area contributed by atoms with Crippen molar-refractivity contribution in [3.05, 3.63) is 71.8 Å². The van der Waals surface area contributed by atoms with Crippen LogP contribution in [-0.2, 0) is 13.1 Å². The first-order valence-corrected chi connectivity index (χ1v) is 9.61. The molecule has 25 heavy (non-hydrogen) atoms. The summed E-state index contributed by atoms with van der Waals surface area (Å²) in [5.41, 5.74) is 2.26. The van der Waals surface area contributed by atoms with Crippen LogP contribution in [0.3, 0.4) is 0 Å². The monoisotopic (exact) mass is 337 g/mol. The molecule has 0 heterocycles. The third kappa shape index (κ3) is 4.71. The van der Waals surface area contributed by atoms with Gasteiger partial charge >= 0.3 is 0 Å². The molecular formula is C23H31NO. The van der Waals surface area contributed by atoms with Crippen molar-refractivity contribution in [1.82, 2.24) is 4.90 Å². The Kier molecular flexibility index (Phi) is 5.93. The second kappa shape index (κ2) is 8.16. The first-order chi connectivity index (χ1) is 12.1. The normalized spacial score (nSPS) is 24.0. The van der Waals surface area contributed by atoms with E-state index in [1.54, 1.807) is 0 Å². The quantitative estimate of drug-likeness (QED) is 0.800. The summed E-state index contributed by atoms with van der Waals surface area (Å²) in [6.45, 7) is 6.24. The minimum Gasteiger partial charge on any atom is -0.390 e. The molecule has 0 aromatic heterocycles. The van der Waals surface area contributed by atoms with Gasteiger partial charge in [-0.1, -0.05) is 74.5 Å². The molecule has 0 spiro atoms. The lowest BCUT2D eigenvalue weighted by Crippen LogP contribution is -2.45. The predicted molar refractivity (Wildman–Crippen MR) is 104 cm³/mol. The molecule has 0 unspecified atom stereocenters. The molecule has 0 saturated heterocycles. The Morgan fingerprint density at radius 1 is 0.880 bits per heavy atom. The summed E-state index contributed by atoms with van der Waals surface area (Å²) < 4.78 is 0. The summed E-state index contributed by atoms with van der Waals surface area (Å²) in [5.74, 6) is 0.338. The van der Waals surface area contributed by atoms with Crippen molar-refractivity contribution in [2.75, 3.05) is 0 Å². The van der Waals surface area contributed by atoms with Gasteiger partial charge in [-0.25, -0.2) is 0 Å².